The van der Waals surface area contributed by atoms with Gasteiger partial charge in [0.2, 0.25) is 0 Å². The number of H-pyrrole nitrogens is 1. The SMILES string of the molecule is CC(C(N)=NO)N1CCN(c2nc[nH]c(=O)c2Cl)CC1. The Morgan fingerprint density at radius 1 is 1.55 bits per heavy atom. The largest absolute Gasteiger partial charge is 0.409 e. The quantitative estimate of drug-likeness (QED) is 0.305. The molecule has 0 amide bonds. The number of nitrogens with one attached hydrogen (secondary N) is 1. The van der Waals surface area contributed by atoms with Crippen LogP contribution in [0.15, 0.2) is 16.3 Å². The summed E-state index contributed by atoms with van der Waals surface area (Å²) in [6, 6.07) is -0.134. The van der Waals surface area contributed by atoms with Gasteiger partial charge in [-0.25, -0.2) is 4.98 Å². The van der Waals surface area contributed by atoms with Crippen LogP contribution in [0, 0.1) is 0 Å². The number of rotatable bonds is 3. The average molecular weight is 301 g/mol. The summed E-state index contributed by atoms with van der Waals surface area (Å²) in [6.07, 6.45) is 1.34. The zero-order chi connectivity index (χ0) is 14.7. The Morgan fingerprint density at radius 3 is 2.80 bits per heavy atom. The normalized spacial score (nSPS) is 19.1. The smallest absolute Gasteiger partial charge is 0.271 e. The fourth-order valence-electron chi connectivity index (χ4n) is 2.19. The van der Waals surface area contributed by atoms with E-state index in [0.29, 0.717) is 32.0 Å². The van der Waals surface area contributed by atoms with Crippen molar-refractivity contribution in [1.29, 1.82) is 0 Å². The Bertz CT molecular complexity index is 552. The van der Waals surface area contributed by atoms with Crippen molar-refractivity contribution < 1.29 is 5.21 Å². The van der Waals surface area contributed by atoms with Gasteiger partial charge in [0, 0.05) is 26.2 Å². The van der Waals surface area contributed by atoms with Crippen LogP contribution in [-0.2, 0) is 0 Å². The van der Waals surface area contributed by atoms with Gasteiger partial charge in [-0.05, 0) is 6.92 Å². The number of nitrogens with two attached hydrogens (primary N) is 1. The molecule has 2 heterocycles. The van der Waals surface area contributed by atoms with E-state index in [4.69, 9.17) is 22.5 Å². The number of amidine groups is 1. The van der Waals surface area contributed by atoms with Gasteiger partial charge in [0.15, 0.2) is 11.7 Å². The van der Waals surface area contributed by atoms with E-state index in [0.717, 1.165) is 0 Å². The van der Waals surface area contributed by atoms with Crippen molar-refractivity contribution >= 4 is 23.3 Å². The molecule has 110 valence electrons. The first-order valence-corrected chi connectivity index (χ1v) is 6.62. The minimum atomic E-state index is -0.343. The molecule has 1 atom stereocenters. The van der Waals surface area contributed by atoms with Crippen molar-refractivity contribution in [3.05, 3.63) is 21.7 Å². The Balaban J connectivity index is 2.05. The maximum atomic E-state index is 11.5. The third-order valence-corrected chi connectivity index (χ3v) is 3.82. The van der Waals surface area contributed by atoms with Crippen LogP contribution in [0.1, 0.15) is 6.92 Å². The lowest BCUT2D eigenvalue weighted by Crippen LogP contribution is -2.53. The minimum absolute atomic E-state index is 0.102. The molecular weight excluding hydrogens is 284 g/mol. The van der Waals surface area contributed by atoms with Crippen molar-refractivity contribution in [2.24, 2.45) is 10.9 Å². The molecule has 1 aromatic rings. The summed E-state index contributed by atoms with van der Waals surface area (Å²) in [5.41, 5.74) is 5.26. The van der Waals surface area contributed by atoms with Crippen LogP contribution in [0.25, 0.3) is 0 Å². The fourth-order valence-corrected chi connectivity index (χ4v) is 2.41. The van der Waals surface area contributed by atoms with Crippen LogP contribution in [-0.4, -0.2) is 58.1 Å². The number of anilines is 1. The molecule has 1 aliphatic rings. The van der Waals surface area contributed by atoms with Crippen LogP contribution < -0.4 is 16.2 Å². The Labute approximate surface area is 120 Å². The molecule has 8 nitrogen and oxygen atoms in total. The first kappa shape index (κ1) is 14.6. The number of hydrogen-bond acceptors (Lipinski definition) is 6. The van der Waals surface area contributed by atoms with E-state index in [1.165, 1.54) is 6.33 Å². The van der Waals surface area contributed by atoms with E-state index in [1.54, 1.807) is 0 Å². The van der Waals surface area contributed by atoms with Gasteiger partial charge in [-0.15, -0.1) is 0 Å². The van der Waals surface area contributed by atoms with Crippen LogP contribution in [0.3, 0.4) is 0 Å². The van der Waals surface area contributed by atoms with E-state index >= 15 is 0 Å². The summed E-state index contributed by atoms with van der Waals surface area (Å²) in [5, 5.41) is 11.8. The molecule has 2 rings (SSSR count). The lowest BCUT2D eigenvalue weighted by atomic mass is 10.2. The number of nitrogens with zero attached hydrogens (tertiary/aromatic N) is 4. The van der Waals surface area contributed by atoms with Crippen molar-refractivity contribution in [3.63, 3.8) is 0 Å². The predicted octanol–water partition coefficient (Wildman–Crippen LogP) is -0.320. The van der Waals surface area contributed by atoms with Gasteiger partial charge in [-0.3, -0.25) is 9.69 Å². The molecular formula is C11H17ClN6O2. The molecule has 1 saturated heterocycles. The van der Waals surface area contributed by atoms with E-state index < -0.39 is 0 Å². The number of piperazine rings is 1. The molecule has 1 aliphatic heterocycles. The molecule has 0 aliphatic carbocycles. The number of aromatic amines is 1. The zero-order valence-corrected chi connectivity index (χ0v) is 11.8. The molecule has 0 aromatic carbocycles. The van der Waals surface area contributed by atoms with Crippen LogP contribution in [0.4, 0.5) is 5.82 Å². The highest BCUT2D eigenvalue weighted by molar-refractivity contribution is 6.32. The first-order valence-electron chi connectivity index (χ1n) is 6.24. The topological polar surface area (TPSA) is 111 Å². The monoisotopic (exact) mass is 300 g/mol. The highest BCUT2D eigenvalue weighted by Crippen LogP contribution is 2.20. The van der Waals surface area contributed by atoms with E-state index in [-0.39, 0.29) is 22.5 Å². The van der Waals surface area contributed by atoms with Gasteiger partial charge < -0.3 is 20.8 Å². The Kier molecular flexibility index (Phi) is 4.46. The Morgan fingerprint density at radius 2 is 2.20 bits per heavy atom. The van der Waals surface area contributed by atoms with Gasteiger partial charge in [0.1, 0.15) is 5.02 Å². The molecule has 1 unspecified atom stereocenters. The lowest BCUT2D eigenvalue weighted by Gasteiger charge is -2.38. The van der Waals surface area contributed by atoms with Crippen molar-refractivity contribution in [1.82, 2.24) is 14.9 Å². The standard InChI is InChI=1S/C11H17ClN6O2/c1-7(9(13)16-20)17-2-4-18(5-3-17)10-8(12)11(19)15-6-14-10/h6-7,20H,2-5H2,1H3,(H2,13,16)(H,14,15,19). The number of aromatic nitrogens is 2. The maximum Gasteiger partial charge on any atom is 0.271 e. The van der Waals surface area contributed by atoms with Crippen molar-refractivity contribution in [3.8, 4) is 0 Å². The van der Waals surface area contributed by atoms with Gasteiger partial charge >= 0.3 is 0 Å². The summed E-state index contributed by atoms with van der Waals surface area (Å²) >= 11 is 5.96. The van der Waals surface area contributed by atoms with E-state index in [9.17, 15) is 4.79 Å². The summed E-state index contributed by atoms with van der Waals surface area (Å²) < 4.78 is 0. The summed E-state index contributed by atoms with van der Waals surface area (Å²) in [6.45, 7) is 4.63. The lowest BCUT2D eigenvalue weighted by molar-refractivity contribution is 0.230. The second-order valence-electron chi connectivity index (χ2n) is 4.59. The van der Waals surface area contributed by atoms with E-state index in [1.807, 2.05) is 11.8 Å². The third-order valence-electron chi connectivity index (χ3n) is 3.48. The molecule has 9 heteroatoms. The van der Waals surface area contributed by atoms with E-state index in [2.05, 4.69) is 20.0 Å². The first-order chi connectivity index (χ1) is 9.54. The van der Waals surface area contributed by atoms with Crippen molar-refractivity contribution in [2.75, 3.05) is 31.1 Å². The van der Waals surface area contributed by atoms with Crippen LogP contribution >= 0.6 is 11.6 Å². The molecule has 0 saturated carbocycles. The van der Waals surface area contributed by atoms with Crippen LogP contribution in [0.2, 0.25) is 5.02 Å². The minimum Gasteiger partial charge on any atom is -0.409 e. The fraction of sp³-hybridized carbons (Fsp3) is 0.545. The zero-order valence-electron chi connectivity index (χ0n) is 11.1. The van der Waals surface area contributed by atoms with Gasteiger partial charge in [0.25, 0.3) is 5.56 Å². The second-order valence-corrected chi connectivity index (χ2v) is 4.97. The molecule has 20 heavy (non-hydrogen) atoms. The number of halogens is 1. The predicted molar refractivity (Wildman–Crippen MR) is 76.5 cm³/mol. The summed E-state index contributed by atoms with van der Waals surface area (Å²) in [4.78, 5) is 22.0. The molecule has 1 aromatic heterocycles. The molecule has 0 spiro atoms. The third kappa shape index (κ3) is 2.86. The molecule has 4 N–H and O–H groups in total. The number of hydrogen-bond donors (Lipinski definition) is 3. The van der Waals surface area contributed by atoms with Crippen LogP contribution in [0.5, 0.6) is 0 Å². The summed E-state index contributed by atoms with van der Waals surface area (Å²) in [7, 11) is 0. The van der Waals surface area contributed by atoms with Crippen molar-refractivity contribution in [2.45, 2.75) is 13.0 Å². The second kappa shape index (κ2) is 6.10. The molecule has 0 bridgehead atoms. The van der Waals surface area contributed by atoms with Gasteiger partial charge in [-0.1, -0.05) is 16.8 Å². The Hall–Kier alpha value is -1.80. The molecule has 0 radical (unpaired) electrons. The maximum absolute atomic E-state index is 11.5. The van der Waals surface area contributed by atoms with Gasteiger partial charge in [-0.2, -0.15) is 0 Å². The number of oxime groups is 1. The highest BCUT2D eigenvalue weighted by atomic mass is 35.5. The summed E-state index contributed by atoms with van der Waals surface area (Å²) in [5.74, 6) is 0.678. The average Bonchev–Trinajstić information content (AvgIpc) is 2.48. The highest BCUT2D eigenvalue weighted by Gasteiger charge is 2.25. The van der Waals surface area contributed by atoms with Gasteiger partial charge in [0.05, 0.1) is 12.4 Å². The molecule has 1 fully saturated rings.